The number of amides is 1. The van der Waals surface area contributed by atoms with E-state index in [-0.39, 0.29) is 18.0 Å². The van der Waals surface area contributed by atoms with E-state index in [0.717, 1.165) is 35.4 Å². The van der Waals surface area contributed by atoms with Gasteiger partial charge in [-0.15, -0.1) is 0 Å². The van der Waals surface area contributed by atoms with Crippen molar-refractivity contribution < 1.29 is 22.5 Å². The highest BCUT2D eigenvalue weighted by Gasteiger charge is 2.35. The first kappa shape index (κ1) is 29.5. The highest BCUT2D eigenvalue weighted by molar-refractivity contribution is 7.86. The van der Waals surface area contributed by atoms with Crippen molar-refractivity contribution in [3.63, 3.8) is 0 Å². The number of rotatable bonds is 7. The summed E-state index contributed by atoms with van der Waals surface area (Å²) >= 11 is 0. The van der Waals surface area contributed by atoms with Crippen molar-refractivity contribution in [2.75, 3.05) is 6.61 Å². The molecule has 1 amide bonds. The molecule has 2 atom stereocenters. The largest absolute Gasteiger partial charge is 0.492 e. The molecule has 7 rings (SSSR count). The van der Waals surface area contributed by atoms with E-state index in [9.17, 15) is 17.8 Å². The van der Waals surface area contributed by atoms with E-state index in [2.05, 4.69) is 68.3 Å². The Kier molecular flexibility index (Phi) is 8.40. The van der Waals surface area contributed by atoms with Gasteiger partial charge in [0, 0.05) is 18.5 Å². The number of amidine groups is 1. The fourth-order valence-corrected chi connectivity index (χ4v) is 6.82. The maximum absolute atomic E-state index is 12.4. The zero-order valence-electron chi connectivity index (χ0n) is 24.1. The van der Waals surface area contributed by atoms with E-state index < -0.39 is 21.3 Å². The van der Waals surface area contributed by atoms with E-state index in [1.54, 1.807) is 6.20 Å². The molecule has 2 unspecified atom stereocenters. The van der Waals surface area contributed by atoms with Crippen molar-refractivity contribution in [3.8, 4) is 5.75 Å². The Bertz CT molecular complexity index is 2020. The Balaban J connectivity index is 0.000000289. The number of allylic oxidation sites excluding steroid dienone is 2. The molecule has 2 aliphatic carbocycles. The molecular formula is C33H31N5O5S. The highest BCUT2D eigenvalue weighted by Crippen LogP contribution is 2.29. The minimum absolute atomic E-state index is 0.238. The predicted molar refractivity (Wildman–Crippen MR) is 173 cm³/mol. The molecule has 44 heavy (non-hydrogen) atoms. The van der Waals surface area contributed by atoms with E-state index >= 15 is 0 Å². The van der Waals surface area contributed by atoms with Crippen LogP contribution in [0.25, 0.3) is 22.9 Å². The Morgan fingerprint density at radius 1 is 1.00 bits per heavy atom. The molecule has 224 valence electrons. The third-order valence-electron chi connectivity index (χ3n) is 8.03. The van der Waals surface area contributed by atoms with Gasteiger partial charge in [-0.3, -0.25) is 14.3 Å². The van der Waals surface area contributed by atoms with Crippen LogP contribution in [0.15, 0.2) is 74.7 Å². The Morgan fingerprint density at radius 2 is 1.80 bits per heavy atom. The SMILES string of the molecule is CCCCOc1cccnc1CC1C=c2c(ccc3c4c(ccc23)CC=CC=4)CC1S(=O)(=O)O.O=C1N=CN=C2N=CN=C12. The van der Waals surface area contributed by atoms with E-state index in [1.807, 2.05) is 24.3 Å². The summed E-state index contributed by atoms with van der Waals surface area (Å²) in [6, 6.07) is 12.1. The lowest BCUT2D eigenvalue weighted by molar-refractivity contribution is -0.111. The number of pyridine rings is 1. The van der Waals surface area contributed by atoms with Crippen LogP contribution in [0.3, 0.4) is 0 Å². The number of carbonyl (C=O) groups excluding carboxylic acids is 1. The van der Waals surface area contributed by atoms with Crippen LogP contribution in [-0.4, -0.2) is 59.9 Å². The number of aliphatic imine (C=N–C) groups is 4. The van der Waals surface area contributed by atoms with Gasteiger partial charge in [-0.1, -0.05) is 61.9 Å². The number of carbonyl (C=O) groups is 1. The first-order valence-electron chi connectivity index (χ1n) is 14.5. The van der Waals surface area contributed by atoms with Crippen LogP contribution < -0.4 is 15.2 Å². The first-order valence-corrected chi connectivity index (χ1v) is 16.0. The first-order chi connectivity index (χ1) is 21.3. The second-order valence-electron chi connectivity index (χ2n) is 10.8. The van der Waals surface area contributed by atoms with Gasteiger partial charge in [0.15, 0.2) is 11.5 Å². The van der Waals surface area contributed by atoms with Crippen LogP contribution in [0.2, 0.25) is 0 Å². The van der Waals surface area contributed by atoms with Crippen LogP contribution in [0.1, 0.15) is 36.6 Å². The number of unbranched alkanes of at least 4 members (excludes halogenated alkanes) is 1. The third-order valence-corrected chi connectivity index (χ3v) is 9.31. The summed E-state index contributed by atoms with van der Waals surface area (Å²) in [6.45, 7) is 2.70. The average molecular weight is 610 g/mol. The number of aromatic nitrogens is 1. The van der Waals surface area contributed by atoms with Gasteiger partial charge in [0.2, 0.25) is 0 Å². The monoisotopic (exact) mass is 609 g/mol. The van der Waals surface area contributed by atoms with Crippen LogP contribution in [0.4, 0.5) is 0 Å². The quantitative estimate of drug-likeness (QED) is 0.322. The lowest BCUT2D eigenvalue weighted by atomic mass is 9.84. The fourth-order valence-electron chi connectivity index (χ4n) is 5.82. The normalized spacial score (nSPS) is 19.5. The lowest BCUT2D eigenvalue weighted by Crippen LogP contribution is -2.38. The van der Waals surface area contributed by atoms with Crippen molar-refractivity contribution in [2.24, 2.45) is 25.9 Å². The molecule has 0 spiro atoms. The number of nitrogens with zero attached hydrogens (tertiary/aromatic N) is 5. The van der Waals surface area contributed by atoms with Crippen LogP contribution in [-0.2, 0) is 34.2 Å². The van der Waals surface area contributed by atoms with Gasteiger partial charge in [-0.2, -0.15) is 13.4 Å². The van der Waals surface area contributed by atoms with Crippen molar-refractivity contribution in [3.05, 3.63) is 82.0 Å². The summed E-state index contributed by atoms with van der Waals surface area (Å²) < 4.78 is 40.9. The van der Waals surface area contributed by atoms with E-state index in [1.165, 1.54) is 28.8 Å². The smallest absolute Gasteiger partial charge is 0.301 e. The molecule has 1 aromatic heterocycles. The molecule has 2 aliphatic heterocycles. The molecule has 1 N–H and O–H groups in total. The predicted octanol–water partition coefficient (Wildman–Crippen LogP) is 3.19. The molecule has 11 heteroatoms. The summed E-state index contributed by atoms with van der Waals surface area (Å²) in [7, 11) is -4.25. The van der Waals surface area contributed by atoms with E-state index in [4.69, 9.17) is 4.74 Å². The summed E-state index contributed by atoms with van der Waals surface area (Å²) in [5, 5.41) is 3.64. The zero-order valence-corrected chi connectivity index (χ0v) is 24.9. The molecule has 0 bridgehead atoms. The lowest BCUT2D eigenvalue weighted by Gasteiger charge is -2.27. The van der Waals surface area contributed by atoms with Crippen molar-refractivity contribution >= 4 is 63.2 Å². The second-order valence-corrected chi connectivity index (χ2v) is 12.5. The van der Waals surface area contributed by atoms with Gasteiger partial charge in [0.25, 0.3) is 10.1 Å². The zero-order chi connectivity index (χ0) is 30.7. The highest BCUT2D eigenvalue weighted by atomic mass is 32.2. The third kappa shape index (κ3) is 6.06. The number of ether oxygens (including phenoxy) is 1. The summed E-state index contributed by atoms with van der Waals surface area (Å²) in [4.78, 5) is 29.8. The van der Waals surface area contributed by atoms with E-state index in [0.29, 0.717) is 30.3 Å². The summed E-state index contributed by atoms with van der Waals surface area (Å²) in [5.74, 6) is 0.247. The maximum atomic E-state index is 12.4. The topological polar surface area (TPSA) is 143 Å². The van der Waals surface area contributed by atoms with Gasteiger partial charge in [0.05, 0.1) is 17.6 Å². The minimum atomic E-state index is -4.25. The molecular weight excluding hydrogens is 578 g/mol. The van der Waals surface area contributed by atoms with Crippen molar-refractivity contribution in [1.82, 2.24) is 4.98 Å². The van der Waals surface area contributed by atoms with Gasteiger partial charge in [-0.05, 0) is 63.7 Å². The Labute approximate surface area is 254 Å². The van der Waals surface area contributed by atoms with Crippen molar-refractivity contribution in [2.45, 2.75) is 44.3 Å². The summed E-state index contributed by atoms with van der Waals surface area (Å²) in [6.07, 6.45) is 16.1. The standard InChI is InChI=1S/C28H29NO4S.C5H2N4O/c1-2-3-15-33-27-9-6-14-29-26(27)17-21-16-25-20(18-28(21)34(30,31)32)11-13-23-22-8-5-4-7-19(22)10-12-24(23)25;10-5-3-4(7-1-6-3)8-2-9-5/h4-6,8-14,16,21,28H,2-3,7,15,17-18H2,1H3,(H,30,31,32);1-2H. The molecule has 0 saturated carbocycles. The Morgan fingerprint density at radius 3 is 2.59 bits per heavy atom. The number of benzene rings is 2. The van der Waals surface area contributed by atoms with Crippen LogP contribution in [0.5, 0.6) is 5.75 Å². The van der Waals surface area contributed by atoms with Gasteiger partial charge < -0.3 is 4.74 Å². The fraction of sp³-hybridized carbons (Fsp3) is 0.273. The maximum Gasteiger partial charge on any atom is 0.301 e. The molecule has 4 aliphatic rings. The molecule has 3 aromatic rings. The second kappa shape index (κ2) is 12.6. The van der Waals surface area contributed by atoms with Gasteiger partial charge in [-0.25, -0.2) is 15.0 Å². The Hall–Kier alpha value is -4.61. The molecule has 3 heterocycles. The molecule has 0 saturated heterocycles. The minimum Gasteiger partial charge on any atom is -0.492 e. The van der Waals surface area contributed by atoms with Gasteiger partial charge in [0.1, 0.15) is 18.4 Å². The number of hydrogen-bond donors (Lipinski definition) is 1. The summed E-state index contributed by atoms with van der Waals surface area (Å²) in [5.41, 5.74) is 3.19. The van der Waals surface area contributed by atoms with Crippen LogP contribution in [0, 0.1) is 5.92 Å². The van der Waals surface area contributed by atoms with Crippen LogP contribution >= 0.6 is 0 Å². The molecule has 10 nitrogen and oxygen atoms in total. The number of hydrogen-bond acceptors (Lipinski definition) is 8. The van der Waals surface area contributed by atoms with Gasteiger partial charge >= 0.3 is 5.91 Å². The average Bonchev–Trinajstić information content (AvgIpc) is 3.52. The molecule has 0 fully saturated rings. The number of fused-ring (bicyclic) bond motifs is 6. The molecule has 2 aromatic carbocycles. The van der Waals surface area contributed by atoms with Crippen molar-refractivity contribution in [1.29, 1.82) is 0 Å². The molecule has 0 radical (unpaired) electrons.